The number of rotatable bonds is 5. The number of ether oxygens (including phenoxy) is 2. The fourth-order valence-electron chi connectivity index (χ4n) is 2.43. The quantitative estimate of drug-likeness (QED) is 0.654. The van der Waals surface area contributed by atoms with Crippen molar-refractivity contribution < 1.29 is 19.1 Å². The monoisotopic (exact) mass is 318 g/mol. The molecule has 23 heavy (non-hydrogen) atoms. The van der Waals surface area contributed by atoms with E-state index < -0.39 is 5.97 Å². The molecular formula is C17H22N2O4. The Morgan fingerprint density at radius 3 is 2.74 bits per heavy atom. The first-order valence-corrected chi connectivity index (χ1v) is 7.58. The number of hydrogen-bond acceptors (Lipinski definition) is 5. The minimum Gasteiger partial charge on any atom is -0.466 e. The predicted octanol–water partition coefficient (Wildman–Crippen LogP) is 1.29. The van der Waals surface area contributed by atoms with Gasteiger partial charge >= 0.3 is 5.97 Å². The molecule has 0 radical (unpaired) electrons. The lowest BCUT2D eigenvalue weighted by Crippen LogP contribution is -2.36. The van der Waals surface area contributed by atoms with Gasteiger partial charge in [-0.25, -0.2) is 4.79 Å². The average molecular weight is 318 g/mol. The van der Waals surface area contributed by atoms with Crippen molar-refractivity contribution in [3.8, 4) is 0 Å². The molecule has 1 aromatic rings. The van der Waals surface area contributed by atoms with Crippen LogP contribution in [0.1, 0.15) is 15.9 Å². The minimum atomic E-state index is -0.440. The molecule has 0 unspecified atom stereocenters. The van der Waals surface area contributed by atoms with E-state index in [2.05, 4.69) is 15.0 Å². The van der Waals surface area contributed by atoms with E-state index in [-0.39, 0.29) is 12.5 Å². The van der Waals surface area contributed by atoms with Gasteiger partial charge in [0, 0.05) is 37.0 Å². The van der Waals surface area contributed by atoms with Crippen LogP contribution in [0.25, 0.3) is 0 Å². The molecule has 0 bridgehead atoms. The van der Waals surface area contributed by atoms with Crippen LogP contribution in [0.2, 0.25) is 0 Å². The van der Waals surface area contributed by atoms with Crippen molar-refractivity contribution in [3.63, 3.8) is 0 Å². The number of hydrogen-bond donors (Lipinski definition) is 1. The van der Waals surface area contributed by atoms with Crippen LogP contribution in [0.4, 0.5) is 5.69 Å². The Labute approximate surface area is 136 Å². The molecule has 1 fully saturated rings. The number of nitrogens with one attached hydrogen (secondary N) is 1. The van der Waals surface area contributed by atoms with E-state index in [1.807, 2.05) is 25.1 Å². The Morgan fingerprint density at radius 2 is 2.09 bits per heavy atom. The van der Waals surface area contributed by atoms with Crippen LogP contribution in [0.3, 0.4) is 0 Å². The number of amides is 1. The summed E-state index contributed by atoms with van der Waals surface area (Å²) >= 11 is 0. The third-order valence-electron chi connectivity index (χ3n) is 3.65. The van der Waals surface area contributed by atoms with Gasteiger partial charge in [0.05, 0.1) is 20.3 Å². The van der Waals surface area contributed by atoms with Crippen molar-refractivity contribution >= 4 is 17.6 Å². The molecule has 6 heteroatoms. The molecule has 124 valence electrons. The SMILES string of the molecule is COC(=O)/C=C/CNC(=O)c1ccc(N2CCOCC2)c(C)c1. The number of esters is 1. The molecule has 0 atom stereocenters. The Morgan fingerprint density at radius 1 is 1.35 bits per heavy atom. The van der Waals surface area contributed by atoms with Crippen molar-refractivity contribution in [1.29, 1.82) is 0 Å². The molecule has 1 heterocycles. The molecule has 1 saturated heterocycles. The molecule has 1 N–H and O–H groups in total. The number of aryl methyl sites for hydroxylation is 1. The van der Waals surface area contributed by atoms with Crippen LogP contribution in [0.15, 0.2) is 30.4 Å². The molecule has 1 aromatic carbocycles. The molecule has 1 aliphatic rings. The van der Waals surface area contributed by atoms with Crippen LogP contribution in [0.5, 0.6) is 0 Å². The van der Waals surface area contributed by atoms with Crippen molar-refractivity contribution in [3.05, 3.63) is 41.5 Å². The van der Waals surface area contributed by atoms with Gasteiger partial charge in [-0.05, 0) is 30.7 Å². The number of carbonyl (C=O) groups is 2. The largest absolute Gasteiger partial charge is 0.466 e. The third kappa shape index (κ3) is 4.82. The lowest BCUT2D eigenvalue weighted by molar-refractivity contribution is -0.134. The number of benzene rings is 1. The normalized spacial score (nSPS) is 14.8. The summed E-state index contributed by atoms with van der Waals surface area (Å²) < 4.78 is 9.83. The maximum absolute atomic E-state index is 12.1. The van der Waals surface area contributed by atoms with Gasteiger partial charge in [-0.2, -0.15) is 0 Å². The summed E-state index contributed by atoms with van der Waals surface area (Å²) in [7, 11) is 1.31. The summed E-state index contributed by atoms with van der Waals surface area (Å²) in [5.74, 6) is -0.610. The summed E-state index contributed by atoms with van der Waals surface area (Å²) in [6, 6.07) is 5.67. The Kier molecular flexibility index (Phi) is 6.17. The Balaban J connectivity index is 1.95. The van der Waals surface area contributed by atoms with Gasteiger partial charge in [0.1, 0.15) is 0 Å². The summed E-state index contributed by atoms with van der Waals surface area (Å²) in [5, 5.41) is 2.74. The Hall–Kier alpha value is -2.34. The van der Waals surface area contributed by atoms with Gasteiger partial charge in [0.2, 0.25) is 0 Å². The van der Waals surface area contributed by atoms with E-state index in [0.717, 1.165) is 37.6 Å². The number of methoxy groups -OCH3 is 1. The van der Waals surface area contributed by atoms with Crippen molar-refractivity contribution in [2.75, 3.05) is 44.9 Å². The highest BCUT2D eigenvalue weighted by atomic mass is 16.5. The maximum Gasteiger partial charge on any atom is 0.330 e. The first-order chi connectivity index (χ1) is 11.1. The Bertz CT molecular complexity index is 592. The topological polar surface area (TPSA) is 67.9 Å². The van der Waals surface area contributed by atoms with Gasteiger partial charge < -0.3 is 19.7 Å². The number of nitrogens with zero attached hydrogens (tertiary/aromatic N) is 1. The summed E-state index contributed by atoms with van der Waals surface area (Å²) in [5.41, 5.74) is 2.80. The second-order valence-electron chi connectivity index (χ2n) is 5.24. The van der Waals surface area contributed by atoms with Gasteiger partial charge in [0.15, 0.2) is 0 Å². The molecule has 0 aliphatic carbocycles. The standard InChI is InChI=1S/C17H22N2O4/c1-13-12-14(17(21)18-7-3-4-16(20)22-2)5-6-15(13)19-8-10-23-11-9-19/h3-6,12H,7-11H2,1-2H3,(H,18,21)/b4-3+. The van der Waals surface area contributed by atoms with Gasteiger partial charge in [-0.15, -0.1) is 0 Å². The van der Waals surface area contributed by atoms with Crippen LogP contribution < -0.4 is 10.2 Å². The maximum atomic E-state index is 12.1. The lowest BCUT2D eigenvalue weighted by Gasteiger charge is -2.30. The smallest absolute Gasteiger partial charge is 0.330 e. The van der Waals surface area contributed by atoms with Crippen LogP contribution in [0, 0.1) is 6.92 Å². The summed E-state index contributed by atoms with van der Waals surface area (Å²) in [6.07, 6.45) is 2.84. The summed E-state index contributed by atoms with van der Waals surface area (Å²) in [4.78, 5) is 25.3. The van der Waals surface area contributed by atoms with E-state index in [0.29, 0.717) is 5.56 Å². The van der Waals surface area contributed by atoms with Crippen LogP contribution in [-0.2, 0) is 14.3 Å². The highest BCUT2D eigenvalue weighted by Gasteiger charge is 2.14. The van der Waals surface area contributed by atoms with E-state index in [1.54, 1.807) is 6.08 Å². The molecule has 2 rings (SSSR count). The van der Waals surface area contributed by atoms with Gasteiger partial charge in [-0.3, -0.25) is 4.79 Å². The van der Waals surface area contributed by atoms with E-state index in [4.69, 9.17) is 4.74 Å². The molecule has 0 spiro atoms. The van der Waals surface area contributed by atoms with Gasteiger partial charge in [0.25, 0.3) is 5.91 Å². The van der Waals surface area contributed by atoms with E-state index >= 15 is 0 Å². The van der Waals surface area contributed by atoms with Crippen LogP contribution in [-0.4, -0.2) is 51.8 Å². The third-order valence-corrected chi connectivity index (χ3v) is 3.65. The fraction of sp³-hybridized carbons (Fsp3) is 0.412. The lowest BCUT2D eigenvalue weighted by atomic mass is 10.1. The van der Waals surface area contributed by atoms with Crippen molar-refractivity contribution in [2.45, 2.75) is 6.92 Å². The average Bonchev–Trinajstić information content (AvgIpc) is 2.58. The second kappa shape index (κ2) is 8.33. The number of morpholine rings is 1. The van der Waals surface area contributed by atoms with Gasteiger partial charge in [-0.1, -0.05) is 6.08 Å². The first-order valence-electron chi connectivity index (χ1n) is 7.58. The number of anilines is 1. The first kappa shape index (κ1) is 17.0. The minimum absolute atomic E-state index is 0.170. The fourth-order valence-corrected chi connectivity index (χ4v) is 2.43. The second-order valence-corrected chi connectivity index (χ2v) is 5.24. The predicted molar refractivity (Wildman–Crippen MR) is 87.7 cm³/mol. The number of carbonyl (C=O) groups excluding carboxylic acids is 2. The summed E-state index contributed by atoms with van der Waals surface area (Å²) in [6.45, 7) is 5.47. The molecule has 6 nitrogen and oxygen atoms in total. The molecule has 1 amide bonds. The highest BCUT2D eigenvalue weighted by Crippen LogP contribution is 2.22. The van der Waals surface area contributed by atoms with Crippen molar-refractivity contribution in [2.24, 2.45) is 0 Å². The zero-order valence-electron chi connectivity index (χ0n) is 13.5. The van der Waals surface area contributed by atoms with E-state index in [1.165, 1.54) is 13.2 Å². The molecule has 0 aromatic heterocycles. The molecule has 0 saturated carbocycles. The highest BCUT2D eigenvalue weighted by molar-refractivity contribution is 5.95. The van der Waals surface area contributed by atoms with Crippen LogP contribution >= 0.6 is 0 Å². The zero-order chi connectivity index (χ0) is 16.7. The molecule has 1 aliphatic heterocycles. The van der Waals surface area contributed by atoms with Crippen molar-refractivity contribution in [1.82, 2.24) is 5.32 Å². The van der Waals surface area contributed by atoms with E-state index in [9.17, 15) is 9.59 Å². The molecular weight excluding hydrogens is 296 g/mol. The zero-order valence-corrected chi connectivity index (χ0v) is 13.5.